The quantitative estimate of drug-likeness (QED) is 0.559. The zero-order chi connectivity index (χ0) is 22.4. The Morgan fingerprint density at radius 2 is 1.61 bits per heavy atom. The summed E-state index contributed by atoms with van der Waals surface area (Å²) in [5.41, 5.74) is 1.60. The Hall–Kier alpha value is -2.71. The van der Waals surface area contributed by atoms with Gasteiger partial charge in [0, 0.05) is 16.0 Å². The van der Waals surface area contributed by atoms with Gasteiger partial charge in [-0.05, 0) is 54.0 Å². The lowest BCUT2D eigenvalue weighted by molar-refractivity contribution is -0.123. The SMILES string of the molecule is O=C1[C@@H]2[C@@H]3C[C@@H]([C@H]4Sc5[nH]c(=O)sc5[C@H](c5ccc(F)cc5)[C@@H]34)[C@@H]2C(=O)N1c1ccccc1. The molecule has 2 bridgehead atoms. The van der Waals surface area contributed by atoms with Crippen molar-refractivity contribution in [2.45, 2.75) is 22.6 Å². The van der Waals surface area contributed by atoms with Gasteiger partial charge in [0.2, 0.25) is 11.8 Å². The highest BCUT2D eigenvalue weighted by molar-refractivity contribution is 8.00. The van der Waals surface area contributed by atoms with Crippen LogP contribution in [0, 0.1) is 35.4 Å². The third kappa shape index (κ3) is 2.62. The van der Waals surface area contributed by atoms with Gasteiger partial charge in [0.1, 0.15) is 5.82 Å². The lowest BCUT2D eigenvalue weighted by Crippen LogP contribution is -2.42. The number of thiazole rings is 1. The minimum atomic E-state index is -0.329. The fourth-order valence-corrected chi connectivity index (χ4v) is 9.78. The van der Waals surface area contributed by atoms with Crippen molar-refractivity contribution in [1.29, 1.82) is 0 Å². The van der Waals surface area contributed by atoms with Gasteiger partial charge in [0.05, 0.1) is 22.5 Å². The summed E-state index contributed by atoms with van der Waals surface area (Å²) in [5.74, 6) is -0.946. The van der Waals surface area contributed by atoms with Crippen LogP contribution in [-0.2, 0) is 9.59 Å². The molecule has 4 aliphatic rings. The van der Waals surface area contributed by atoms with Gasteiger partial charge in [-0.3, -0.25) is 19.3 Å². The van der Waals surface area contributed by atoms with E-state index < -0.39 is 0 Å². The third-order valence-electron chi connectivity index (χ3n) is 7.97. The van der Waals surface area contributed by atoms with Crippen LogP contribution in [0.5, 0.6) is 0 Å². The molecule has 5 nitrogen and oxygen atoms in total. The second-order valence-electron chi connectivity index (χ2n) is 9.36. The van der Waals surface area contributed by atoms with E-state index in [1.54, 1.807) is 23.9 Å². The fourth-order valence-electron chi connectivity index (χ4n) is 6.89. The number of H-pyrrole nitrogens is 1. The summed E-state index contributed by atoms with van der Waals surface area (Å²) in [6.07, 6.45) is 0.842. The van der Waals surface area contributed by atoms with Gasteiger partial charge in [0.15, 0.2) is 0 Å². The van der Waals surface area contributed by atoms with Gasteiger partial charge in [-0.25, -0.2) is 4.39 Å². The van der Waals surface area contributed by atoms with Crippen LogP contribution in [0.4, 0.5) is 10.1 Å². The second-order valence-corrected chi connectivity index (χ2v) is 11.6. The normalized spacial score (nSPS) is 33.8. The lowest BCUT2D eigenvalue weighted by Gasteiger charge is -2.43. The summed E-state index contributed by atoms with van der Waals surface area (Å²) in [5, 5.41) is 0.998. The zero-order valence-corrected chi connectivity index (χ0v) is 18.9. The number of carbonyl (C=O) groups excluding carboxylic acids is 2. The highest BCUT2D eigenvalue weighted by Gasteiger charge is 2.69. The Bertz CT molecular complexity index is 1350. The average Bonchev–Trinajstić information content (AvgIpc) is 3.54. The number of aromatic amines is 1. The van der Waals surface area contributed by atoms with Crippen molar-refractivity contribution in [3.8, 4) is 0 Å². The molecule has 3 aromatic rings. The topological polar surface area (TPSA) is 70.2 Å². The van der Waals surface area contributed by atoms with Gasteiger partial charge in [-0.2, -0.15) is 0 Å². The van der Waals surface area contributed by atoms with E-state index in [0.717, 1.165) is 21.9 Å². The molecule has 33 heavy (non-hydrogen) atoms. The van der Waals surface area contributed by atoms with Gasteiger partial charge in [-0.15, -0.1) is 11.8 Å². The number of benzene rings is 2. The number of halogens is 1. The number of imide groups is 1. The zero-order valence-electron chi connectivity index (χ0n) is 17.3. The summed E-state index contributed by atoms with van der Waals surface area (Å²) in [4.78, 5) is 44.6. The first-order valence-electron chi connectivity index (χ1n) is 11.1. The van der Waals surface area contributed by atoms with Crippen molar-refractivity contribution in [3.63, 3.8) is 0 Å². The average molecular weight is 479 g/mol. The van der Waals surface area contributed by atoms with Crippen LogP contribution in [0.2, 0.25) is 0 Å². The Balaban J connectivity index is 1.34. The Kier molecular flexibility index (Phi) is 4.13. The number of amides is 2. The molecule has 2 aromatic carbocycles. The number of aromatic nitrogens is 1. The van der Waals surface area contributed by atoms with E-state index in [2.05, 4.69) is 4.98 Å². The standard InChI is InChI=1S/C25H19FN2O3S2/c26-12-8-6-11(7-9-12)16-17-14-10-15(20(17)32-22-21(16)33-25(31)27-22)19-18(14)23(29)28(24(19)30)13-4-2-1-3-5-13/h1-9,14-20H,10H2,(H,27,31)/t14-,15-,16-,17-,18-,19+,20-/m1/s1. The number of thioether (sulfide) groups is 1. The van der Waals surface area contributed by atoms with E-state index in [1.807, 2.05) is 30.3 Å². The monoisotopic (exact) mass is 478 g/mol. The molecule has 0 radical (unpaired) electrons. The van der Waals surface area contributed by atoms with Crippen LogP contribution in [0.1, 0.15) is 22.8 Å². The molecule has 0 unspecified atom stereocenters. The third-order valence-corrected chi connectivity index (χ3v) is 10.6. The molecule has 2 saturated carbocycles. The molecule has 0 spiro atoms. The number of nitrogens with zero attached hydrogens (tertiary/aromatic N) is 1. The summed E-state index contributed by atoms with van der Waals surface area (Å²) in [6.45, 7) is 0. The second kappa shape index (κ2) is 6.90. The number of hydrogen-bond donors (Lipinski definition) is 1. The molecular formula is C25H19FN2O3S2. The largest absolute Gasteiger partial charge is 0.307 e. The molecule has 7 rings (SSSR count). The van der Waals surface area contributed by atoms with Crippen molar-refractivity contribution in [2.75, 3.05) is 4.90 Å². The molecule has 1 aromatic heterocycles. The van der Waals surface area contributed by atoms with Crippen LogP contribution in [0.25, 0.3) is 0 Å². The van der Waals surface area contributed by atoms with Gasteiger partial charge < -0.3 is 4.98 Å². The number of fused-ring (bicyclic) bond motifs is 9. The van der Waals surface area contributed by atoms with Gasteiger partial charge in [-0.1, -0.05) is 41.7 Å². The minimum absolute atomic E-state index is 0.0584. The van der Waals surface area contributed by atoms with Crippen molar-refractivity contribution < 1.29 is 14.0 Å². The predicted molar refractivity (Wildman–Crippen MR) is 124 cm³/mol. The first-order valence-corrected chi connectivity index (χ1v) is 12.8. The molecular weight excluding hydrogens is 459 g/mol. The van der Waals surface area contributed by atoms with Gasteiger partial charge in [0.25, 0.3) is 0 Å². The summed E-state index contributed by atoms with van der Waals surface area (Å²) in [6, 6.07) is 15.7. The van der Waals surface area contributed by atoms with E-state index in [4.69, 9.17) is 0 Å². The highest BCUT2D eigenvalue weighted by atomic mass is 32.2. The Morgan fingerprint density at radius 3 is 2.33 bits per heavy atom. The molecule has 1 saturated heterocycles. The maximum Gasteiger partial charge on any atom is 0.305 e. The van der Waals surface area contributed by atoms with Crippen LogP contribution in [-0.4, -0.2) is 22.0 Å². The molecule has 2 amide bonds. The van der Waals surface area contributed by atoms with E-state index in [-0.39, 0.29) is 63.3 Å². The van der Waals surface area contributed by atoms with Crippen LogP contribution in [0.3, 0.4) is 0 Å². The Morgan fingerprint density at radius 1 is 0.909 bits per heavy atom. The number of nitrogens with one attached hydrogen (secondary N) is 1. The summed E-state index contributed by atoms with van der Waals surface area (Å²) < 4.78 is 13.7. The number of carbonyl (C=O) groups is 2. The molecule has 8 heteroatoms. The first-order chi connectivity index (χ1) is 16.0. The molecule has 166 valence electrons. The van der Waals surface area contributed by atoms with Crippen LogP contribution in [0.15, 0.2) is 64.4 Å². The number of rotatable bonds is 2. The van der Waals surface area contributed by atoms with Crippen molar-refractivity contribution in [2.24, 2.45) is 29.6 Å². The van der Waals surface area contributed by atoms with Crippen molar-refractivity contribution in [3.05, 3.63) is 80.5 Å². The number of para-hydroxylation sites is 1. The van der Waals surface area contributed by atoms with E-state index >= 15 is 0 Å². The van der Waals surface area contributed by atoms with Crippen molar-refractivity contribution in [1.82, 2.24) is 4.98 Å². The molecule has 1 N–H and O–H groups in total. The number of hydrogen-bond acceptors (Lipinski definition) is 5. The molecule has 3 heterocycles. The van der Waals surface area contributed by atoms with Crippen LogP contribution < -0.4 is 9.77 Å². The smallest absolute Gasteiger partial charge is 0.305 e. The summed E-state index contributed by atoms with van der Waals surface area (Å²) >= 11 is 2.87. The molecule has 7 atom stereocenters. The minimum Gasteiger partial charge on any atom is -0.307 e. The molecule has 2 aliphatic carbocycles. The van der Waals surface area contributed by atoms with E-state index in [9.17, 15) is 18.8 Å². The van der Waals surface area contributed by atoms with Crippen LogP contribution >= 0.6 is 23.1 Å². The van der Waals surface area contributed by atoms with E-state index in [0.29, 0.717) is 5.69 Å². The first kappa shape index (κ1) is 19.7. The highest BCUT2D eigenvalue weighted by Crippen LogP contribution is 2.68. The van der Waals surface area contributed by atoms with Crippen molar-refractivity contribution >= 4 is 40.6 Å². The predicted octanol–water partition coefficient (Wildman–Crippen LogP) is 4.25. The number of anilines is 1. The lowest BCUT2D eigenvalue weighted by atomic mass is 9.68. The maximum atomic E-state index is 13.7. The van der Waals surface area contributed by atoms with E-state index in [1.165, 1.54) is 28.4 Å². The van der Waals surface area contributed by atoms with Gasteiger partial charge >= 0.3 is 4.87 Å². The maximum absolute atomic E-state index is 13.7. The summed E-state index contributed by atoms with van der Waals surface area (Å²) in [7, 11) is 0. The fraction of sp³-hybridized carbons (Fsp3) is 0.320. The molecule has 3 fully saturated rings. The Labute approximate surface area is 197 Å². The molecule has 2 aliphatic heterocycles.